The van der Waals surface area contributed by atoms with Gasteiger partial charge in [0.25, 0.3) is 0 Å². The van der Waals surface area contributed by atoms with Crippen LogP contribution in [-0.2, 0) is 0 Å². The molecule has 8 aliphatic carbocycles. The van der Waals surface area contributed by atoms with E-state index in [1.54, 1.807) is 0 Å². The number of halogens is 2. The van der Waals surface area contributed by atoms with Crippen LogP contribution in [0.5, 0.6) is 0 Å². The number of hydrogen-bond donors (Lipinski definition) is 3. The van der Waals surface area contributed by atoms with Gasteiger partial charge in [-0.1, -0.05) is 26.0 Å². The third-order valence-corrected chi connectivity index (χ3v) is 17.0. The number of rotatable bonds is 1. The van der Waals surface area contributed by atoms with Gasteiger partial charge < -0.3 is 15.3 Å². The summed E-state index contributed by atoms with van der Waals surface area (Å²) in [5.74, 6) is 3.35. The molecular weight excluding hydrogens is 566 g/mol. The Hall–Kier alpha value is -0.520. The summed E-state index contributed by atoms with van der Waals surface area (Å²) in [6, 6.07) is 0. The Balaban J connectivity index is 0.000000145. The molecule has 0 radical (unpaired) electrons. The molecule has 15 atom stereocenters. The topological polar surface area (TPSA) is 60.7 Å². The molecule has 0 unspecified atom stereocenters. The largest absolute Gasteiger partial charge is 0.396 e. The molecule has 0 aromatic heterocycles. The number of hydrogen-bond acceptors (Lipinski definition) is 3. The van der Waals surface area contributed by atoms with Gasteiger partial charge in [-0.3, -0.25) is 0 Å². The second-order valence-electron chi connectivity index (χ2n) is 19.2. The van der Waals surface area contributed by atoms with Gasteiger partial charge in [-0.2, -0.15) is 0 Å². The Kier molecular flexibility index (Phi) is 8.06. The Bertz CT molecular complexity index is 1150. The standard InChI is InChI=1S/C20H33FO2.C20H31FO/c1-18(23)9-10-20(21)13(11-18)3-5-15-16-6-4-14(12-22)19(16,2)8-7-17(15)20;1-13-4-7-16-15-6-5-14-12-18(2,22)10-11-20(14,21)17(15)8-9-19(13,16)3/h13-17,22-23H,3-12H2,1-2H3;14-17,22H,1,4-12H2,2-3H3/t13-,14-,15+,16+,17+,18-,19-,20-;14-,15+,16+,17+,18-,19-,20-/m11/s1. The number of aliphatic hydroxyl groups is 3. The predicted molar refractivity (Wildman–Crippen MR) is 176 cm³/mol. The van der Waals surface area contributed by atoms with Crippen molar-refractivity contribution in [1.29, 1.82) is 0 Å². The molecule has 0 bridgehead atoms. The number of allylic oxidation sites excluding steroid dienone is 1. The molecule has 3 N–H and O–H groups in total. The highest BCUT2D eigenvalue weighted by molar-refractivity contribution is 5.22. The molecule has 0 aromatic carbocycles. The average Bonchev–Trinajstić information content (AvgIpc) is 3.49. The maximum atomic E-state index is 16.1. The van der Waals surface area contributed by atoms with Crippen molar-refractivity contribution in [3.05, 3.63) is 12.2 Å². The van der Waals surface area contributed by atoms with Gasteiger partial charge in [0.15, 0.2) is 0 Å². The Morgan fingerprint density at radius 1 is 0.622 bits per heavy atom. The van der Waals surface area contributed by atoms with Gasteiger partial charge in [0, 0.05) is 6.61 Å². The molecular formula is C40H64F2O3. The van der Waals surface area contributed by atoms with Crippen molar-refractivity contribution in [2.75, 3.05) is 6.61 Å². The van der Waals surface area contributed by atoms with Crippen LogP contribution >= 0.6 is 0 Å². The van der Waals surface area contributed by atoms with Gasteiger partial charge in [-0.15, -0.1) is 0 Å². The summed E-state index contributed by atoms with van der Waals surface area (Å²) < 4.78 is 32.1. The van der Waals surface area contributed by atoms with Crippen LogP contribution in [0.4, 0.5) is 8.78 Å². The van der Waals surface area contributed by atoms with Gasteiger partial charge in [0.2, 0.25) is 0 Å². The predicted octanol–water partition coefficient (Wildman–Crippen LogP) is 9.13. The van der Waals surface area contributed by atoms with Crippen molar-refractivity contribution in [2.24, 2.45) is 64.1 Å². The van der Waals surface area contributed by atoms with Crippen molar-refractivity contribution in [1.82, 2.24) is 0 Å². The van der Waals surface area contributed by atoms with Gasteiger partial charge in [-0.25, -0.2) is 8.78 Å². The minimum atomic E-state index is -1.04. The van der Waals surface area contributed by atoms with Crippen molar-refractivity contribution < 1.29 is 24.1 Å². The second kappa shape index (κ2) is 11.0. The first-order valence-corrected chi connectivity index (χ1v) is 19.2. The lowest BCUT2D eigenvalue weighted by Crippen LogP contribution is -2.58. The van der Waals surface area contributed by atoms with E-state index in [-0.39, 0.29) is 34.5 Å². The van der Waals surface area contributed by atoms with Crippen LogP contribution < -0.4 is 0 Å². The summed E-state index contributed by atoms with van der Waals surface area (Å²) in [6.07, 6.45) is 16.9. The van der Waals surface area contributed by atoms with E-state index >= 15 is 8.78 Å². The van der Waals surface area contributed by atoms with Crippen molar-refractivity contribution in [2.45, 2.75) is 166 Å². The molecule has 45 heavy (non-hydrogen) atoms. The lowest BCUT2D eigenvalue weighted by molar-refractivity contribution is -0.165. The quantitative estimate of drug-likeness (QED) is 0.253. The third kappa shape index (κ3) is 5.07. The molecule has 3 nitrogen and oxygen atoms in total. The minimum Gasteiger partial charge on any atom is -0.396 e. The zero-order chi connectivity index (χ0) is 32.2. The van der Waals surface area contributed by atoms with Crippen molar-refractivity contribution in [3.63, 3.8) is 0 Å². The fourth-order valence-electron chi connectivity index (χ4n) is 14.3. The van der Waals surface area contributed by atoms with Crippen LogP contribution in [-0.4, -0.2) is 44.5 Å². The Labute approximate surface area is 272 Å². The maximum Gasteiger partial charge on any atom is 0.117 e. The average molecular weight is 631 g/mol. The highest BCUT2D eigenvalue weighted by Gasteiger charge is 2.64. The van der Waals surface area contributed by atoms with E-state index in [4.69, 9.17) is 0 Å². The zero-order valence-electron chi connectivity index (χ0n) is 28.9. The fourth-order valence-corrected chi connectivity index (χ4v) is 14.3. The molecule has 8 rings (SSSR count). The minimum absolute atomic E-state index is 0.0619. The van der Waals surface area contributed by atoms with Gasteiger partial charge >= 0.3 is 0 Å². The van der Waals surface area contributed by atoms with Crippen molar-refractivity contribution >= 4 is 0 Å². The smallest absolute Gasteiger partial charge is 0.117 e. The summed E-state index contributed by atoms with van der Waals surface area (Å²) in [7, 11) is 0. The monoisotopic (exact) mass is 630 g/mol. The van der Waals surface area contributed by atoms with Gasteiger partial charge in [0.1, 0.15) is 11.3 Å². The first-order chi connectivity index (χ1) is 21.1. The van der Waals surface area contributed by atoms with Crippen LogP contribution in [0.3, 0.4) is 0 Å². The normalized spacial score (nSPS) is 58.5. The highest BCUT2D eigenvalue weighted by atomic mass is 19.1. The molecule has 0 aromatic rings. The zero-order valence-corrected chi connectivity index (χ0v) is 28.9. The fraction of sp³-hybridized carbons (Fsp3) is 0.950. The third-order valence-electron chi connectivity index (χ3n) is 17.0. The van der Waals surface area contributed by atoms with Crippen LogP contribution in [0.1, 0.15) is 143 Å². The molecule has 256 valence electrons. The van der Waals surface area contributed by atoms with E-state index in [2.05, 4.69) is 20.4 Å². The maximum absolute atomic E-state index is 16.1. The van der Waals surface area contributed by atoms with Crippen molar-refractivity contribution in [3.8, 4) is 0 Å². The summed E-state index contributed by atoms with van der Waals surface area (Å²) in [5, 5.41) is 30.5. The summed E-state index contributed by atoms with van der Waals surface area (Å²) >= 11 is 0. The van der Waals surface area contributed by atoms with Crippen LogP contribution in [0.15, 0.2) is 12.2 Å². The number of aliphatic hydroxyl groups excluding tert-OH is 1. The van der Waals surface area contributed by atoms with Crippen LogP contribution in [0, 0.1) is 64.1 Å². The van der Waals surface area contributed by atoms with Gasteiger partial charge in [-0.05, 0) is 194 Å². The summed E-state index contributed by atoms with van der Waals surface area (Å²) in [4.78, 5) is 0. The molecule has 0 amide bonds. The molecule has 8 fully saturated rings. The first-order valence-electron chi connectivity index (χ1n) is 19.2. The van der Waals surface area contributed by atoms with E-state index in [0.717, 1.165) is 57.8 Å². The van der Waals surface area contributed by atoms with E-state index in [9.17, 15) is 15.3 Å². The van der Waals surface area contributed by atoms with E-state index < -0.39 is 22.5 Å². The molecule has 0 spiro atoms. The summed E-state index contributed by atoms with van der Waals surface area (Å²) in [6.45, 7) is 13.2. The number of alkyl halides is 2. The van der Waals surface area contributed by atoms with Gasteiger partial charge in [0.05, 0.1) is 11.2 Å². The second-order valence-corrected chi connectivity index (χ2v) is 19.2. The molecule has 0 aliphatic heterocycles. The molecule has 0 saturated heterocycles. The van der Waals surface area contributed by atoms with E-state index in [1.807, 2.05) is 13.8 Å². The van der Waals surface area contributed by atoms with E-state index in [1.165, 1.54) is 24.8 Å². The lowest BCUT2D eigenvalue weighted by atomic mass is 9.48. The summed E-state index contributed by atoms with van der Waals surface area (Å²) in [5.41, 5.74) is -1.40. The molecule has 5 heteroatoms. The number of fused-ring (bicyclic) bond motifs is 10. The molecule has 0 heterocycles. The Morgan fingerprint density at radius 3 is 1.71 bits per heavy atom. The van der Waals surface area contributed by atoms with E-state index in [0.29, 0.717) is 74.7 Å². The first kappa shape index (κ1) is 33.0. The molecule has 8 aliphatic rings. The molecule has 8 saturated carbocycles. The lowest BCUT2D eigenvalue weighted by Gasteiger charge is -2.59. The Morgan fingerprint density at radius 2 is 1.16 bits per heavy atom. The van der Waals surface area contributed by atoms with Crippen LogP contribution in [0.2, 0.25) is 0 Å². The SMILES string of the molecule is C=C1CC[C@H]2[C@@H]3CC[C@@H]4C[C@](C)(O)CC[C@]4(F)[C@H]3CC[C@]12C.C[C@@]1(O)CC[C@@]2(F)[C@H](CC[C@H]3[C@@H]4CC[C@H](CO)[C@@]4(C)CC[C@@H]32)C1. The van der Waals surface area contributed by atoms with Crippen LogP contribution in [0.25, 0.3) is 0 Å². The highest BCUT2D eigenvalue weighted by Crippen LogP contribution is 2.68.